The van der Waals surface area contributed by atoms with Crippen LogP contribution in [0.15, 0.2) is 18.2 Å². The maximum atomic E-state index is 13.4. The maximum Gasteiger partial charge on any atom is 0.394 e. The molecular weight excluding hydrogens is 575 g/mol. The number of aryl methyl sites for hydroxylation is 1. The van der Waals surface area contributed by atoms with E-state index in [1.807, 2.05) is 13.0 Å². The third kappa shape index (κ3) is 8.56. The Morgan fingerprint density at radius 3 is 2.46 bits per heavy atom. The van der Waals surface area contributed by atoms with Crippen LogP contribution in [0.4, 0.5) is 22.0 Å². The van der Waals surface area contributed by atoms with Crippen molar-refractivity contribution in [1.82, 2.24) is 14.9 Å². The fourth-order valence-corrected chi connectivity index (χ4v) is 4.70. The van der Waals surface area contributed by atoms with E-state index in [0.29, 0.717) is 12.3 Å². The molecule has 1 saturated carbocycles. The number of carbonyl (C=O) groups excluding carboxylic acids is 1. The van der Waals surface area contributed by atoms with Crippen molar-refractivity contribution in [1.29, 1.82) is 5.26 Å². The van der Waals surface area contributed by atoms with Crippen molar-refractivity contribution in [2.75, 3.05) is 6.54 Å². The molecule has 1 fully saturated rings. The monoisotopic (exact) mass is 606 g/mol. The molecule has 2 N–H and O–H groups in total. The second-order valence-electron chi connectivity index (χ2n) is 10.6. The molecule has 15 heteroatoms. The third-order valence-electron chi connectivity index (χ3n) is 7.00. The van der Waals surface area contributed by atoms with Crippen LogP contribution in [0.2, 0.25) is 0 Å². The average molecular weight is 607 g/mol. The fourth-order valence-electron chi connectivity index (χ4n) is 4.70. The number of alkyl halides is 5. The van der Waals surface area contributed by atoms with Crippen LogP contribution in [0.1, 0.15) is 67.6 Å². The van der Waals surface area contributed by atoms with Gasteiger partial charge in [0.1, 0.15) is 17.6 Å². The average Bonchev–Trinajstić information content (AvgIpc) is 3.18. The fraction of sp³-hybridized carbons (Fsp3) is 0.577. The number of rotatable bonds is 8. The summed E-state index contributed by atoms with van der Waals surface area (Å²) in [5.41, 5.74) is -2.60. The summed E-state index contributed by atoms with van der Waals surface area (Å²) < 4.78 is 89.0. The number of benzene rings is 1. The second kappa shape index (κ2) is 14.0. The van der Waals surface area contributed by atoms with Crippen LogP contribution >= 0.6 is 0 Å². The Kier molecular flexibility index (Phi) is 11.5. The van der Waals surface area contributed by atoms with Crippen LogP contribution in [0.3, 0.4) is 0 Å². The minimum Gasteiger partial charge on any atom is -0.433 e. The summed E-state index contributed by atoms with van der Waals surface area (Å²) in [4.78, 5) is 17.1. The van der Waals surface area contributed by atoms with E-state index in [4.69, 9.17) is 8.42 Å². The predicted octanol–water partition coefficient (Wildman–Crippen LogP) is 4.64. The molecule has 0 aliphatic heterocycles. The number of aliphatic hydroxyl groups excluding tert-OH is 1. The Labute approximate surface area is 237 Å². The number of ether oxygens (including phenoxy) is 1. The lowest BCUT2D eigenvalue weighted by atomic mass is 9.81. The molecule has 0 spiro atoms. The van der Waals surface area contributed by atoms with Crippen LogP contribution in [-0.2, 0) is 18.0 Å². The highest BCUT2D eigenvalue weighted by atomic mass is 32.1. The van der Waals surface area contributed by atoms with Crippen molar-refractivity contribution in [3.05, 3.63) is 41.0 Å². The van der Waals surface area contributed by atoms with E-state index in [1.165, 1.54) is 19.1 Å². The van der Waals surface area contributed by atoms with E-state index in [9.17, 15) is 37.1 Å². The highest BCUT2D eigenvalue weighted by molar-refractivity contribution is 7.51. The number of hydrogen-bond donors (Lipinski definition) is 2. The van der Waals surface area contributed by atoms with Crippen LogP contribution in [0.25, 0.3) is 5.69 Å². The van der Waals surface area contributed by atoms with Gasteiger partial charge < -0.3 is 15.2 Å². The quantitative estimate of drug-likeness (QED) is 0.418. The molecular formula is C26H31F5N4O5S. The van der Waals surface area contributed by atoms with Crippen LogP contribution < -0.4 is 10.1 Å². The summed E-state index contributed by atoms with van der Waals surface area (Å²) in [7, 11) is 0. The third-order valence-corrected chi connectivity index (χ3v) is 7.00. The van der Waals surface area contributed by atoms with E-state index >= 15 is 0 Å². The van der Waals surface area contributed by atoms with Gasteiger partial charge in [0, 0.05) is 12.5 Å². The largest absolute Gasteiger partial charge is 0.433 e. The molecule has 1 aliphatic carbocycles. The Bertz CT molecular complexity index is 1300. The van der Waals surface area contributed by atoms with Crippen LogP contribution in [0.5, 0.6) is 5.75 Å². The minimum atomic E-state index is -4.53. The lowest BCUT2D eigenvalue weighted by Crippen LogP contribution is -2.38. The molecule has 3 atom stereocenters. The Hall–Kier alpha value is -3.38. The maximum absolute atomic E-state index is 13.4. The number of aliphatic hydroxyl groups is 1. The molecule has 1 aromatic carbocycles. The minimum absolute atomic E-state index is 0.0730. The van der Waals surface area contributed by atoms with Crippen LogP contribution in [0, 0.1) is 35.5 Å². The molecule has 226 valence electrons. The van der Waals surface area contributed by atoms with Gasteiger partial charge in [-0.2, -0.15) is 35.6 Å². The molecule has 1 amide bonds. The number of nitrogens with one attached hydrogen (secondary N) is 1. The first kappa shape index (κ1) is 33.8. The van der Waals surface area contributed by atoms with Gasteiger partial charge in [-0.05, 0) is 49.8 Å². The zero-order valence-corrected chi connectivity index (χ0v) is 23.6. The molecule has 1 heterocycles. The van der Waals surface area contributed by atoms with E-state index in [0.717, 1.165) is 37.3 Å². The summed E-state index contributed by atoms with van der Waals surface area (Å²) in [6.07, 6.45) is -3.32. The molecule has 2 aromatic rings. The van der Waals surface area contributed by atoms with Gasteiger partial charge in [-0.15, -0.1) is 0 Å². The lowest BCUT2D eigenvalue weighted by molar-refractivity contribution is -0.211. The number of nitrogens with zero attached hydrogens (tertiary/aromatic N) is 3. The zero-order valence-electron chi connectivity index (χ0n) is 22.8. The molecule has 0 radical (unpaired) electrons. The molecule has 9 nitrogen and oxygen atoms in total. The lowest BCUT2D eigenvalue weighted by Gasteiger charge is -2.31. The van der Waals surface area contributed by atoms with Crippen LogP contribution in [-0.4, -0.2) is 54.4 Å². The van der Waals surface area contributed by atoms with Gasteiger partial charge in [0.15, 0.2) is 11.4 Å². The highest BCUT2D eigenvalue weighted by Crippen LogP contribution is 2.41. The standard InChI is InChI=1S/C26H31F5N4O3.O2S/c1-14-5-7-17(20(36)9-14)13-33-23(37)22-19(12-32)35(15(2)34-22)18-8-6-16(10-21(18)38-24(27)28)11-25(3,4)26(29,30)31;1-3-2/h6,8,10,14,17,20,24,36H,5,7,9,11,13H2,1-4H3,(H,33,37);/t14-,17+,20?;/m1./s1. The summed E-state index contributed by atoms with van der Waals surface area (Å²) in [5, 5.41) is 22.8. The first-order valence-corrected chi connectivity index (χ1v) is 13.2. The van der Waals surface area contributed by atoms with Gasteiger partial charge in [-0.25, -0.2) is 4.98 Å². The topological polar surface area (TPSA) is 134 Å². The first-order valence-electron chi connectivity index (χ1n) is 12.6. The van der Waals surface area contributed by atoms with Crippen molar-refractivity contribution in [2.24, 2.45) is 17.3 Å². The summed E-state index contributed by atoms with van der Waals surface area (Å²) >= 11 is -0.750. The molecule has 0 bridgehead atoms. The van der Waals surface area contributed by atoms with Gasteiger partial charge >= 0.3 is 24.4 Å². The second-order valence-corrected chi connectivity index (χ2v) is 10.7. The molecule has 0 saturated heterocycles. The number of carbonyl (C=O) groups is 1. The van der Waals surface area contributed by atoms with Gasteiger partial charge in [0.2, 0.25) is 0 Å². The van der Waals surface area contributed by atoms with Gasteiger partial charge in [-0.1, -0.05) is 33.3 Å². The first-order chi connectivity index (χ1) is 19.1. The van der Waals surface area contributed by atoms with Crippen molar-refractivity contribution < 1.29 is 45.0 Å². The number of hydrogen-bond acceptors (Lipinski definition) is 7. The normalized spacial score (nSPS) is 19.1. The van der Waals surface area contributed by atoms with Gasteiger partial charge in [0.25, 0.3) is 5.91 Å². The van der Waals surface area contributed by atoms with Crippen molar-refractivity contribution in [3.8, 4) is 17.5 Å². The molecule has 1 aliphatic rings. The van der Waals surface area contributed by atoms with Crippen molar-refractivity contribution >= 4 is 17.5 Å². The van der Waals surface area contributed by atoms with E-state index in [1.54, 1.807) is 0 Å². The molecule has 3 rings (SSSR count). The predicted molar refractivity (Wildman–Crippen MR) is 137 cm³/mol. The van der Waals surface area contributed by atoms with Crippen molar-refractivity contribution in [2.45, 2.75) is 72.3 Å². The summed E-state index contributed by atoms with van der Waals surface area (Å²) in [5.74, 6) is -0.784. The van der Waals surface area contributed by atoms with E-state index in [-0.39, 0.29) is 40.9 Å². The number of imidazole rings is 1. The summed E-state index contributed by atoms with van der Waals surface area (Å²) in [6, 6.07) is 5.53. The smallest absolute Gasteiger partial charge is 0.394 e. The van der Waals surface area contributed by atoms with E-state index in [2.05, 4.69) is 15.0 Å². The van der Waals surface area contributed by atoms with E-state index < -0.39 is 54.0 Å². The Morgan fingerprint density at radius 2 is 1.93 bits per heavy atom. The number of aromatic nitrogens is 2. The molecule has 1 unspecified atom stereocenters. The molecule has 1 aromatic heterocycles. The molecule has 41 heavy (non-hydrogen) atoms. The number of halogens is 5. The highest BCUT2D eigenvalue weighted by Gasteiger charge is 2.47. The summed E-state index contributed by atoms with van der Waals surface area (Å²) in [6.45, 7) is 2.38. The van der Waals surface area contributed by atoms with Gasteiger partial charge in [-0.3, -0.25) is 9.36 Å². The zero-order chi connectivity index (χ0) is 31.1. The van der Waals surface area contributed by atoms with Crippen molar-refractivity contribution in [3.63, 3.8) is 0 Å². The number of amides is 1. The van der Waals surface area contributed by atoms with Gasteiger partial charge in [0.05, 0.1) is 17.2 Å². The SMILES string of the molecule is Cc1nc(C(=O)NC[C@@H]2CC[C@@H](C)CC2O)c(C#N)n1-c1ccc(CC(C)(C)C(F)(F)F)cc1OC(F)F.O=S=O. The number of nitriles is 1. The Balaban J connectivity index is 0.00000187. The Morgan fingerprint density at radius 1 is 1.29 bits per heavy atom.